The molecule has 2 heterocycles. The Bertz CT molecular complexity index is 884. The molecule has 1 aromatic carbocycles. The zero-order valence-corrected chi connectivity index (χ0v) is 14.5. The number of aromatic nitrogens is 1. The van der Waals surface area contributed by atoms with Gasteiger partial charge in [-0.2, -0.15) is 0 Å². The van der Waals surface area contributed by atoms with Crippen molar-refractivity contribution in [2.75, 3.05) is 28.8 Å². The van der Waals surface area contributed by atoms with Crippen LogP contribution in [0.25, 0.3) is 0 Å². The minimum atomic E-state index is -2.96. The molecule has 1 aliphatic rings. The van der Waals surface area contributed by atoms with Crippen LogP contribution in [0.3, 0.4) is 0 Å². The summed E-state index contributed by atoms with van der Waals surface area (Å²) in [6.07, 6.45) is 2.07. The van der Waals surface area contributed by atoms with Crippen molar-refractivity contribution in [2.24, 2.45) is 0 Å². The highest BCUT2D eigenvalue weighted by Gasteiger charge is 2.31. The predicted octanol–water partition coefficient (Wildman–Crippen LogP) is 2.10. The van der Waals surface area contributed by atoms with Crippen LogP contribution < -0.4 is 10.2 Å². The fourth-order valence-corrected chi connectivity index (χ4v) is 4.54. The van der Waals surface area contributed by atoms with Crippen LogP contribution in [0.2, 0.25) is 0 Å². The van der Waals surface area contributed by atoms with Crippen molar-refractivity contribution in [3.63, 3.8) is 0 Å². The van der Waals surface area contributed by atoms with E-state index in [4.69, 9.17) is 0 Å². The molecule has 132 valence electrons. The second-order valence-corrected chi connectivity index (χ2v) is 8.27. The minimum absolute atomic E-state index is 0.0924. The SMILES string of the molecule is CN(c1ccc(NC(=O)c2cccc(F)c2)cn1)C1CCS(=O)(=O)C1. The number of nitrogens with one attached hydrogen (secondary N) is 1. The van der Waals surface area contributed by atoms with Gasteiger partial charge in [-0.3, -0.25) is 4.79 Å². The first-order valence-corrected chi connectivity index (χ1v) is 9.62. The van der Waals surface area contributed by atoms with Gasteiger partial charge >= 0.3 is 0 Å². The molecule has 6 nitrogen and oxygen atoms in total. The second kappa shape index (κ2) is 6.79. The molecule has 1 N–H and O–H groups in total. The maximum atomic E-state index is 13.2. The fourth-order valence-electron chi connectivity index (χ4n) is 2.77. The third-order valence-corrected chi connectivity index (χ3v) is 5.96. The maximum Gasteiger partial charge on any atom is 0.255 e. The summed E-state index contributed by atoms with van der Waals surface area (Å²) < 4.78 is 36.3. The first-order valence-electron chi connectivity index (χ1n) is 7.80. The predicted molar refractivity (Wildman–Crippen MR) is 94.1 cm³/mol. The summed E-state index contributed by atoms with van der Waals surface area (Å²) >= 11 is 0. The zero-order valence-electron chi connectivity index (χ0n) is 13.6. The molecule has 25 heavy (non-hydrogen) atoms. The molecule has 1 aliphatic heterocycles. The summed E-state index contributed by atoms with van der Waals surface area (Å²) in [6, 6.07) is 8.72. The van der Waals surface area contributed by atoms with E-state index in [1.807, 2.05) is 4.90 Å². The monoisotopic (exact) mass is 363 g/mol. The number of amides is 1. The molecule has 0 radical (unpaired) electrons. The highest BCUT2D eigenvalue weighted by molar-refractivity contribution is 7.91. The molecule has 1 unspecified atom stereocenters. The summed E-state index contributed by atoms with van der Waals surface area (Å²) in [7, 11) is -1.16. The topological polar surface area (TPSA) is 79.4 Å². The number of hydrogen-bond donors (Lipinski definition) is 1. The number of hydrogen-bond acceptors (Lipinski definition) is 5. The van der Waals surface area contributed by atoms with Gasteiger partial charge in [0.2, 0.25) is 0 Å². The van der Waals surface area contributed by atoms with Crippen LogP contribution in [0, 0.1) is 5.82 Å². The van der Waals surface area contributed by atoms with E-state index >= 15 is 0 Å². The molecule has 0 aliphatic carbocycles. The second-order valence-electron chi connectivity index (χ2n) is 6.04. The summed E-state index contributed by atoms with van der Waals surface area (Å²) in [6.45, 7) is 0. The van der Waals surface area contributed by atoms with E-state index < -0.39 is 21.6 Å². The van der Waals surface area contributed by atoms with E-state index in [9.17, 15) is 17.6 Å². The Morgan fingerprint density at radius 3 is 2.72 bits per heavy atom. The van der Waals surface area contributed by atoms with Gasteiger partial charge in [-0.25, -0.2) is 17.8 Å². The number of carbonyl (C=O) groups excluding carboxylic acids is 1. The van der Waals surface area contributed by atoms with E-state index in [2.05, 4.69) is 10.3 Å². The van der Waals surface area contributed by atoms with Crippen molar-refractivity contribution in [2.45, 2.75) is 12.5 Å². The van der Waals surface area contributed by atoms with Gasteiger partial charge in [-0.1, -0.05) is 6.07 Å². The van der Waals surface area contributed by atoms with E-state index in [0.717, 1.165) is 6.07 Å². The molecule has 2 aromatic rings. The van der Waals surface area contributed by atoms with Gasteiger partial charge < -0.3 is 10.2 Å². The molecule has 0 spiro atoms. The molecule has 1 amide bonds. The first-order chi connectivity index (χ1) is 11.8. The van der Waals surface area contributed by atoms with Crippen LogP contribution in [0.5, 0.6) is 0 Å². The molecular formula is C17H18FN3O3S. The van der Waals surface area contributed by atoms with Crippen LogP contribution in [0.1, 0.15) is 16.8 Å². The smallest absolute Gasteiger partial charge is 0.255 e. The molecule has 1 atom stereocenters. The van der Waals surface area contributed by atoms with Gasteiger partial charge in [-0.15, -0.1) is 0 Å². The van der Waals surface area contributed by atoms with Gasteiger partial charge in [0.15, 0.2) is 9.84 Å². The van der Waals surface area contributed by atoms with Gasteiger partial charge in [-0.05, 0) is 36.8 Å². The summed E-state index contributed by atoms with van der Waals surface area (Å²) in [5.41, 5.74) is 0.697. The third kappa shape index (κ3) is 4.14. The van der Waals surface area contributed by atoms with Crippen molar-refractivity contribution >= 4 is 27.2 Å². The summed E-state index contributed by atoms with van der Waals surface area (Å²) in [5.74, 6) is 0.0527. The number of pyridine rings is 1. The zero-order chi connectivity index (χ0) is 18.0. The number of benzene rings is 1. The number of halogens is 1. The normalized spacial score (nSPS) is 18.7. The Labute approximate surface area is 145 Å². The minimum Gasteiger partial charge on any atom is -0.356 e. The number of carbonyl (C=O) groups is 1. The van der Waals surface area contributed by atoms with Crippen molar-refractivity contribution in [3.8, 4) is 0 Å². The molecule has 1 aromatic heterocycles. The molecule has 0 bridgehead atoms. The standard InChI is InChI=1S/C17H18FN3O3S/c1-21(15-7-8-25(23,24)11-15)16-6-5-14(10-19-16)20-17(22)12-3-2-4-13(18)9-12/h2-6,9-10,15H,7-8,11H2,1H3,(H,20,22). The van der Waals surface area contributed by atoms with Crippen LogP contribution in [-0.2, 0) is 9.84 Å². The lowest BCUT2D eigenvalue weighted by Gasteiger charge is -2.24. The highest BCUT2D eigenvalue weighted by Crippen LogP contribution is 2.22. The first kappa shape index (κ1) is 17.3. The van der Waals surface area contributed by atoms with Crippen LogP contribution in [0.4, 0.5) is 15.9 Å². The lowest BCUT2D eigenvalue weighted by molar-refractivity contribution is 0.102. The van der Waals surface area contributed by atoms with E-state index in [1.165, 1.54) is 24.4 Å². The van der Waals surface area contributed by atoms with E-state index in [-0.39, 0.29) is 23.1 Å². The van der Waals surface area contributed by atoms with Gasteiger partial charge in [0.05, 0.1) is 23.4 Å². The molecule has 1 fully saturated rings. The Morgan fingerprint density at radius 2 is 2.12 bits per heavy atom. The molecular weight excluding hydrogens is 345 g/mol. The van der Waals surface area contributed by atoms with Crippen molar-refractivity contribution in [3.05, 3.63) is 54.0 Å². The Balaban J connectivity index is 1.67. The number of anilines is 2. The van der Waals surface area contributed by atoms with Gasteiger partial charge in [0.25, 0.3) is 5.91 Å². The van der Waals surface area contributed by atoms with E-state index in [1.54, 1.807) is 19.2 Å². The lowest BCUT2D eigenvalue weighted by Crippen LogP contribution is -2.33. The summed E-state index contributed by atoms with van der Waals surface area (Å²) in [4.78, 5) is 18.2. The molecule has 1 saturated heterocycles. The largest absolute Gasteiger partial charge is 0.356 e. The van der Waals surface area contributed by atoms with Crippen LogP contribution in [0.15, 0.2) is 42.6 Å². The van der Waals surface area contributed by atoms with Gasteiger partial charge in [0.1, 0.15) is 11.6 Å². The number of sulfone groups is 1. The molecule has 8 heteroatoms. The van der Waals surface area contributed by atoms with Crippen molar-refractivity contribution < 1.29 is 17.6 Å². The third-order valence-electron chi connectivity index (χ3n) is 4.21. The Hall–Kier alpha value is -2.48. The quantitative estimate of drug-likeness (QED) is 0.900. The van der Waals surface area contributed by atoms with Crippen LogP contribution >= 0.6 is 0 Å². The maximum absolute atomic E-state index is 13.2. The Kier molecular flexibility index (Phi) is 4.71. The van der Waals surface area contributed by atoms with Gasteiger partial charge in [0, 0.05) is 18.7 Å². The van der Waals surface area contributed by atoms with Crippen molar-refractivity contribution in [1.29, 1.82) is 0 Å². The van der Waals surface area contributed by atoms with Crippen LogP contribution in [-0.4, -0.2) is 43.9 Å². The molecule has 3 rings (SSSR count). The molecule has 0 saturated carbocycles. The number of nitrogens with zero attached hydrogens (tertiary/aromatic N) is 2. The van der Waals surface area contributed by atoms with E-state index in [0.29, 0.717) is 17.9 Å². The number of rotatable bonds is 4. The van der Waals surface area contributed by atoms with Crippen molar-refractivity contribution in [1.82, 2.24) is 4.98 Å². The Morgan fingerprint density at radius 1 is 1.32 bits per heavy atom. The lowest BCUT2D eigenvalue weighted by atomic mass is 10.2. The average Bonchev–Trinajstić information content (AvgIpc) is 2.95. The highest BCUT2D eigenvalue weighted by atomic mass is 32.2. The average molecular weight is 363 g/mol. The summed E-state index contributed by atoms with van der Waals surface area (Å²) in [5, 5.41) is 2.65. The fraction of sp³-hybridized carbons (Fsp3) is 0.294.